The van der Waals surface area contributed by atoms with E-state index in [9.17, 15) is 18.3 Å². The van der Waals surface area contributed by atoms with E-state index in [0.29, 0.717) is 25.9 Å². The second-order valence-corrected chi connectivity index (χ2v) is 9.49. The highest BCUT2D eigenvalue weighted by atomic mass is 35.5. The predicted octanol–water partition coefficient (Wildman–Crippen LogP) is 4.28. The Morgan fingerprint density at radius 1 is 1.14 bits per heavy atom. The Morgan fingerprint density at radius 2 is 1.79 bits per heavy atom. The minimum atomic E-state index is -4.13. The van der Waals surface area contributed by atoms with Crippen LogP contribution in [0, 0.1) is 5.92 Å². The van der Waals surface area contributed by atoms with Crippen LogP contribution in [0.25, 0.3) is 0 Å². The molecule has 0 spiro atoms. The number of nitrogens with zero attached hydrogens (tertiary/aromatic N) is 2. The maximum Gasteiger partial charge on any atom is 0.407 e. The molecule has 1 saturated heterocycles. The van der Waals surface area contributed by atoms with Crippen LogP contribution in [0.1, 0.15) is 12.8 Å². The number of benzene rings is 2. The van der Waals surface area contributed by atoms with E-state index in [2.05, 4.69) is 0 Å². The number of carbonyl (C=O) groups is 1. The fraction of sp³-hybridized carbons (Fsp3) is 0.316. The van der Waals surface area contributed by atoms with Crippen LogP contribution in [-0.4, -0.2) is 49.3 Å². The van der Waals surface area contributed by atoms with Crippen LogP contribution >= 0.6 is 23.2 Å². The van der Waals surface area contributed by atoms with Gasteiger partial charge in [0.25, 0.3) is 10.0 Å². The van der Waals surface area contributed by atoms with E-state index < -0.39 is 16.1 Å². The smallest absolute Gasteiger partial charge is 0.407 e. The maximum atomic E-state index is 13.5. The lowest BCUT2D eigenvalue weighted by atomic mass is 9.97. The molecule has 0 aromatic heterocycles. The molecule has 0 unspecified atom stereocenters. The number of likely N-dealkylation sites (tertiary alicyclic amines) is 1. The normalized spacial score (nSPS) is 15.3. The number of amides is 1. The van der Waals surface area contributed by atoms with Crippen LogP contribution in [0.3, 0.4) is 0 Å². The number of halogens is 2. The van der Waals surface area contributed by atoms with Gasteiger partial charge in [0.1, 0.15) is 10.6 Å². The zero-order valence-electron chi connectivity index (χ0n) is 15.3. The lowest BCUT2D eigenvalue weighted by Gasteiger charge is -2.34. The SMILES string of the molecule is O=C(O)N1CCC(CN(c2ccccc2O)S(=O)(=O)c2cc(Cl)ccc2Cl)CC1. The van der Waals surface area contributed by atoms with Gasteiger partial charge in [0.15, 0.2) is 0 Å². The highest BCUT2D eigenvalue weighted by molar-refractivity contribution is 7.93. The number of aromatic hydroxyl groups is 1. The molecule has 1 aliphatic heterocycles. The maximum absolute atomic E-state index is 13.5. The summed E-state index contributed by atoms with van der Waals surface area (Å²) in [5, 5.41) is 19.7. The first-order valence-corrected chi connectivity index (χ1v) is 11.1. The number of hydrogen-bond donors (Lipinski definition) is 2. The van der Waals surface area contributed by atoms with Gasteiger partial charge in [-0.05, 0) is 49.1 Å². The molecule has 1 fully saturated rings. The lowest BCUT2D eigenvalue weighted by molar-refractivity contribution is 0.125. The van der Waals surface area contributed by atoms with E-state index in [1.54, 1.807) is 12.1 Å². The number of phenols is 1. The van der Waals surface area contributed by atoms with Gasteiger partial charge in [0.2, 0.25) is 0 Å². The van der Waals surface area contributed by atoms with Crippen molar-refractivity contribution in [3.05, 3.63) is 52.5 Å². The largest absolute Gasteiger partial charge is 0.506 e. The average molecular weight is 459 g/mol. The van der Waals surface area contributed by atoms with Gasteiger partial charge < -0.3 is 15.1 Å². The summed E-state index contributed by atoms with van der Waals surface area (Å²) in [6, 6.07) is 10.3. The molecule has 0 atom stereocenters. The molecule has 1 aliphatic rings. The zero-order valence-corrected chi connectivity index (χ0v) is 17.7. The second-order valence-electron chi connectivity index (χ2n) is 6.81. The number of para-hydroxylation sites is 2. The van der Waals surface area contributed by atoms with Crippen molar-refractivity contribution in [3.63, 3.8) is 0 Å². The van der Waals surface area contributed by atoms with Crippen molar-refractivity contribution in [3.8, 4) is 5.75 Å². The van der Waals surface area contributed by atoms with Gasteiger partial charge in [0.05, 0.1) is 10.7 Å². The van der Waals surface area contributed by atoms with Gasteiger partial charge in [-0.1, -0.05) is 35.3 Å². The van der Waals surface area contributed by atoms with Crippen molar-refractivity contribution >= 4 is 45.0 Å². The van der Waals surface area contributed by atoms with E-state index >= 15 is 0 Å². The number of anilines is 1. The van der Waals surface area contributed by atoms with Gasteiger partial charge in [-0.15, -0.1) is 0 Å². The number of carboxylic acid groups (broad SMARTS) is 1. The van der Waals surface area contributed by atoms with Crippen molar-refractivity contribution < 1.29 is 23.4 Å². The van der Waals surface area contributed by atoms with E-state index in [0.717, 1.165) is 4.31 Å². The Hall–Kier alpha value is -2.16. The number of piperidine rings is 1. The zero-order chi connectivity index (χ0) is 21.2. The number of sulfonamides is 1. The molecule has 156 valence electrons. The molecule has 1 heterocycles. The summed E-state index contributed by atoms with van der Waals surface area (Å²) in [7, 11) is -4.13. The van der Waals surface area contributed by atoms with Gasteiger partial charge >= 0.3 is 6.09 Å². The molecule has 3 rings (SSSR count). The molecule has 0 aliphatic carbocycles. The van der Waals surface area contributed by atoms with Gasteiger partial charge in [-0.3, -0.25) is 4.31 Å². The monoisotopic (exact) mass is 458 g/mol. The minimum Gasteiger partial charge on any atom is -0.506 e. The van der Waals surface area contributed by atoms with Crippen LogP contribution in [-0.2, 0) is 10.0 Å². The molecule has 10 heteroatoms. The van der Waals surface area contributed by atoms with E-state index in [4.69, 9.17) is 28.3 Å². The van der Waals surface area contributed by atoms with E-state index in [-0.39, 0.29) is 38.8 Å². The van der Waals surface area contributed by atoms with Crippen molar-refractivity contribution in [2.24, 2.45) is 5.92 Å². The minimum absolute atomic E-state index is 0.0236. The summed E-state index contributed by atoms with van der Waals surface area (Å²) in [5.74, 6) is -0.268. The molecule has 29 heavy (non-hydrogen) atoms. The molecule has 0 radical (unpaired) electrons. The van der Waals surface area contributed by atoms with Crippen molar-refractivity contribution in [1.29, 1.82) is 0 Å². The van der Waals surface area contributed by atoms with E-state index in [1.165, 1.54) is 35.2 Å². The Morgan fingerprint density at radius 3 is 2.41 bits per heavy atom. The molecule has 2 N–H and O–H groups in total. The molecule has 2 aromatic carbocycles. The number of phenolic OH excluding ortho intramolecular Hbond substituents is 1. The highest BCUT2D eigenvalue weighted by Gasteiger charge is 2.33. The van der Waals surface area contributed by atoms with Gasteiger partial charge in [-0.25, -0.2) is 13.2 Å². The van der Waals surface area contributed by atoms with Gasteiger partial charge in [-0.2, -0.15) is 0 Å². The molecule has 2 aromatic rings. The fourth-order valence-electron chi connectivity index (χ4n) is 3.34. The van der Waals surface area contributed by atoms with Crippen molar-refractivity contribution in [1.82, 2.24) is 4.90 Å². The average Bonchev–Trinajstić information content (AvgIpc) is 2.69. The molecule has 0 saturated carbocycles. The van der Waals surface area contributed by atoms with Crippen LogP contribution in [0.2, 0.25) is 10.0 Å². The molecular weight excluding hydrogens is 439 g/mol. The van der Waals surface area contributed by atoms with E-state index in [1.807, 2.05) is 0 Å². The summed E-state index contributed by atoms with van der Waals surface area (Å²) in [6.07, 6.45) is 0.0315. The number of hydrogen-bond acceptors (Lipinski definition) is 4. The Kier molecular flexibility index (Phi) is 6.45. The third-order valence-electron chi connectivity index (χ3n) is 4.92. The van der Waals surface area contributed by atoms with Crippen LogP contribution in [0.4, 0.5) is 10.5 Å². The molecular formula is C19H20Cl2N2O5S. The fourth-order valence-corrected chi connectivity index (χ4v) is 5.63. The van der Waals surface area contributed by atoms with Crippen LogP contribution in [0.15, 0.2) is 47.4 Å². The Labute approximate surface area is 179 Å². The summed E-state index contributed by atoms with van der Waals surface area (Å²) in [6.45, 7) is 0.732. The van der Waals surface area contributed by atoms with Crippen molar-refractivity contribution in [2.45, 2.75) is 17.7 Å². The lowest BCUT2D eigenvalue weighted by Crippen LogP contribution is -2.42. The Balaban J connectivity index is 1.97. The first-order valence-electron chi connectivity index (χ1n) is 8.94. The topological polar surface area (TPSA) is 98.2 Å². The van der Waals surface area contributed by atoms with Crippen molar-refractivity contribution in [2.75, 3.05) is 23.9 Å². The first-order chi connectivity index (χ1) is 13.7. The molecule has 7 nitrogen and oxygen atoms in total. The van der Waals surface area contributed by atoms with Crippen LogP contribution < -0.4 is 4.31 Å². The summed E-state index contributed by atoms with van der Waals surface area (Å²) in [4.78, 5) is 12.3. The van der Waals surface area contributed by atoms with Gasteiger partial charge in [0, 0.05) is 24.7 Å². The third kappa shape index (κ3) is 4.71. The molecule has 0 bridgehead atoms. The second kappa shape index (κ2) is 8.69. The Bertz CT molecular complexity index is 1010. The summed E-state index contributed by atoms with van der Waals surface area (Å²) < 4.78 is 28.1. The molecule has 1 amide bonds. The summed E-state index contributed by atoms with van der Waals surface area (Å²) >= 11 is 12.1. The quantitative estimate of drug-likeness (QED) is 0.696. The van der Waals surface area contributed by atoms with Crippen LogP contribution in [0.5, 0.6) is 5.75 Å². The number of rotatable bonds is 5. The summed E-state index contributed by atoms with van der Waals surface area (Å²) in [5.41, 5.74) is 0.129. The standard InChI is InChI=1S/C19H20Cl2N2O5S/c20-14-5-6-15(21)18(11-14)29(27,28)23(16-3-1-2-4-17(16)24)12-13-7-9-22(10-8-13)19(25)26/h1-6,11,13,24H,7-10,12H2,(H,25,26). The highest BCUT2D eigenvalue weighted by Crippen LogP contribution is 2.36. The predicted molar refractivity (Wildman–Crippen MR) is 111 cm³/mol. The first kappa shape index (κ1) is 21.5. The third-order valence-corrected chi connectivity index (χ3v) is 7.42.